The highest BCUT2D eigenvalue weighted by atomic mass is 16.4. The second kappa shape index (κ2) is 5.37. The van der Waals surface area contributed by atoms with Crippen LogP contribution in [0.4, 0.5) is 0 Å². The predicted molar refractivity (Wildman–Crippen MR) is 78.3 cm³/mol. The van der Waals surface area contributed by atoms with Gasteiger partial charge in [-0.05, 0) is 18.1 Å². The number of benzene rings is 2. The molecule has 2 aromatic carbocycles. The lowest BCUT2D eigenvalue weighted by molar-refractivity contribution is 0.0693. The lowest BCUT2D eigenvalue weighted by Crippen LogP contribution is -2.23. The molecule has 2 N–H and O–H groups in total. The Hall–Kier alpha value is -2.29. The molecular formula is C17H18O3. The van der Waals surface area contributed by atoms with Crippen LogP contribution in [0.1, 0.15) is 41.8 Å². The van der Waals surface area contributed by atoms with Crippen LogP contribution in [0.5, 0.6) is 5.75 Å². The second-order valence-electron chi connectivity index (χ2n) is 5.06. The molecular weight excluding hydrogens is 252 g/mol. The summed E-state index contributed by atoms with van der Waals surface area (Å²) >= 11 is 0. The highest BCUT2D eigenvalue weighted by Gasteiger charge is 2.31. The van der Waals surface area contributed by atoms with E-state index in [1.165, 1.54) is 6.07 Å². The summed E-state index contributed by atoms with van der Waals surface area (Å²) in [6.45, 7) is 4.04. The number of carbonyl (C=O) groups is 1. The normalized spacial score (nSPS) is 13.7. The number of carboxylic acids is 1. The van der Waals surface area contributed by atoms with E-state index < -0.39 is 11.4 Å². The minimum absolute atomic E-state index is 0.0573. The molecule has 3 nitrogen and oxygen atoms in total. The minimum Gasteiger partial charge on any atom is -0.507 e. The highest BCUT2D eigenvalue weighted by molar-refractivity contribution is 5.91. The number of carboxylic acid groups (broad SMARTS) is 1. The van der Waals surface area contributed by atoms with Crippen LogP contribution in [-0.2, 0) is 5.41 Å². The Labute approximate surface area is 118 Å². The summed E-state index contributed by atoms with van der Waals surface area (Å²) in [5.74, 6) is -1.26. The summed E-state index contributed by atoms with van der Waals surface area (Å²) in [4.78, 5) is 11.2. The molecule has 0 aliphatic carbocycles. The number of para-hydroxylation sites is 1. The van der Waals surface area contributed by atoms with Crippen LogP contribution in [-0.4, -0.2) is 16.2 Å². The van der Waals surface area contributed by atoms with Crippen molar-refractivity contribution in [3.05, 3.63) is 65.2 Å². The van der Waals surface area contributed by atoms with Gasteiger partial charge in [-0.3, -0.25) is 0 Å². The van der Waals surface area contributed by atoms with Crippen molar-refractivity contribution in [2.75, 3.05) is 0 Å². The molecule has 104 valence electrons. The number of hydrogen-bond donors (Lipinski definition) is 2. The van der Waals surface area contributed by atoms with Crippen molar-refractivity contribution in [1.82, 2.24) is 0 Å². The molecule has 0 fully saturated rings. The maximum atomic E-state index is 11.2. The monoisotopic (exact) mass is 270 g/mol. The van der Waals surface area contributed by atoms with Gasteiger partial charge in [-0.15, -0.1) is 0 Å². The molecule has 0 bridgehead atoms. The fraction of sp³-hybridized carbons (Fsp3) is 0.235. The van der Waals surface area contributed by atoms with Gasteiger partial charge < -0.3 is 10.2 Å². The van der Waals surface area contributed by atoms with E-state index in [0.29, 0.717) is 5.56 Å². The van der Waals surface area contributed by atoms with Gasteiger partial charge in [0.1, 0.15) is 11.3 Å². The third kappa shape index (κ3) is 2.27. The molecule has 20 heavy (non-hydrogen) atoms. The largest absolute Gasteiger partial charge is 0.507 e. The van der Waals surface area contributed by atoms with E-state index in [9.17, 15) is 9.90 Å². The Morgan fingerprint density at radius 3 is 2.30 bits per heavy atom. The number of phenols is 1. The van der Waals surface area contributed by atoms with Crippen LogP contribution in [0, 0.1) is 0 Å². The van der Waals surface area contributed by atoms with Gasteiger partial charge in [0.05, 0.1) is 0 Å². The maximum absolute atomic E-state index is 11.2. The summed E-state index contributed by atoms with van der Waals surface area (Å²) < 4.78 is 0. The van der Waals surface area contributed by atoms with Crippen molar-refractivity contribution in [1.29, 1.82) is 0 Å². The molecule has 0 saturated heterocycles. The van der Waals surface area contributed by atoms with Gasteiger partial charge in [-0.25, -0.2) is 4.79 Å². The van der Waals surface area contributed by atoms with Crippen molar-refractivity contribution in [3.63, 3.8) is 0 Å². The number of aromatic hydroxyl groups is 1. The van der Waals surface area contributed by atoms with E-state index in [1.807, 2.05) is 44.2 Å². The quantitative estimate of drug-likeness (QED) is 0.888. The van der Waals surface area contributed by atoms with Crippen molar-refractivity contribution >= 4 is 5.97 Å². The van der Waals surface area contributed by atoms with E-state index in [4.69, 9.17) is 5.11 Å². The lowest BCUT2D eigenvalue weighted by Gasteiger charge is -2.30. The fourth-order valence-corrected chi connectivity index (χ4v) is 2.52. The zero-order chi connectivity index (χ0) is 14.8. The Kier molecular flexibility index (Phi) is 3.79. The van der Waals surface area contributed by atoms with E-state index in [0.717, 1.165) is 12.0 Å². The van der Waals surface area contributed by atoms with Gasteiger partial charge in [0.15, 0.2) is 0 Å². The van der Waals surface area contributed by atoms with Gasteiger partial charge in [-0.1, -0.05) is 56.3 Å². The highest BCUT2D eigenvalue weighted by Crippen LogP contribution is 2.40. The molecule has 2 aromatic rings. The topological polar surface area (TPSA) is 57.5 Å². The standard InChI is InChI=1S/C17H18O3/c1-3-17(2,12-8-5-4-6-9-12)14-11-7-10-13(15(14)18)16(19)20/h4-11,18H,3H2,1-2H3,(H,19,20). The maximum Gasteiger partial charge on any atom is 0.339 e. The molecule has 1 atom stereocenters. The molecule has 2 rings (SSSR count). The Morgan fingerprint density at radius 1 is 1.10 bits per heavy atom. The Balaban J connectivity index is 2.64. The Bertz CT molecular complexity index is 619. The summed E-state index contributed by atoms with van der Waals surface area (Å²) in [6, 6.07) is 14.7. The molecule has 1 unspecified atom stereocenters. The van der Waals surface area contributed by atoms with Gasteiger partial charge in [-0.2, -0.15) is 0 Å². The average molecular weight is 270 g/mol. The zero-order valence-corrected chi connectivity index (χ0v) is 11.6. The zero-order valence-electron chi connectivity index (χ0n) is 11.6. The predicted octanol–water partition coefficient (Wildman–Crippen LogP) is 3.81. The smallest absolute Gasteiger partial charge is 0.339 e. The SMILES string of the molecule is CCC(C)(c1ccccc1)c1cccc(C(=O)O)c1O. The first-order chi connectivity index (χ1) is 9.50. The van der Waals surface area contributed by atoms with Crippen molar-refractivity contribution in [2.24, 2.45) is 0 Å². The average Bonchev–Trinajstić information content (AvgIpc) is 2.47. The van der Waals surface area contributed by atoms with Crippen molar-refractivity contribution in [3.8, 4) is 5.75 Å². The van der Waals surface area contributed by atoms with Gasteiger partial charge in [0.25, 0.3) is 0 Å². The third-order valence-corrected chi connectivity index (χ3v) is 3.98. The number of rotatable bonds is 4. The molecule has 0 aromatic heterocycles. The van der Waals surface area contributed by atoms with Crippen molar-refractivity contribution in [2.45, 2.75) is 25.7 Å². The van der Waals surface area contributed by atoms with Crippen LogP contribution in [0.15, 0.2) is 48.5 Å². The molecule has 0 radical (unpaired) electrons. The number of aromatic carboxylic acids is 1. The molecule has 0 amide bonds. The van der Waals surface area contributed by atoms with E-state index >= 15 is 0 Å². The summed E-state index contributed by atoms with van der Waals surface area (Å²) in [7, 11) is 0. The molecule has 0 aliphatic rings. The van der Waals surface area contributed by atoms with Crippen molar-refractivity contribution < 1.29 is 15.0 Å². The van der Waals surface area contributed by atoms with E-state index in [-0.39, 0.29) is 11.3 Å². The summed E-state index contributed by atoms with van der Waals surface area (Å²) in [5, 5.41) is 19.4. The first kappa shape index (κ1) is 14.1. The van der Waals surface area contributed by atoms with Crippen LogP contribution in [0.2, 0.25) is 0 Å². The van der Waals surface area contributed by atoms with Crippen LogP contribution >= 0.6 is 0 Å². The summed E-state index contributed by atoms with van der Waals surface area (Å²) in [6.07, 6.45) is 0.758. The third-order valence-electron chi connectivity index (χ3n) is 3.98. The van der Waals surface area contributed by atoms with Gasteiger partial charge in [0.2, 0.25) is 0 Å². The first-order valence-corrected chi connectivity index (χ1v) is 6.62. The Morgan fingerprint density at radius 2 is 1.75 bits per heavy atom. The number of hydrogen-bond acceptors (Lipinski definition) is 2. The lowest BCUT2D eigenvalue weighted by atomic mass is 9.73. The van der Waals surface area contributed by atoms with Crippen LogP contribution in [0.3, 0.4) is 0 Å². The molecule has 3 heteroatoms. The van der Waals surface area contributed by atoms with Gasteiger partial charge >= 0.3 is 5.97 Å². The second-order valence-corrected chi connectivity index (χ2v) is 5.06. The first-order valence-electron chi connectivity index (χ1n) is 6.62. The fourth-order valence-electron chi connectivity index (χ4n) is 2.52. The van der Waals surface area contributed by atoms with Gasteiger partial charge in [0, 0.05) is 11.0 Å². The van der Waals surface area contributed by atoms with E-state index in [1.54, 1.807) is 12.1 Å². The molecule has 0 aliphatic heterocycles. The molecule has 0 saturated carbocycles. The van der Waals surface area contributed by atoms with Crippen LogP contribution < -0.4 is 0 Å². The minimum atomic E-state index is -1.11. The molecule has 0 heterocycles. The van der Waals surface area contributed by atoms with Crippen LogP contribution in [0.25, 0.3) is 0 Å². The van der Waals surface area contributed by atoms with E-state index in [2.05, 4.69) is 0 Å². The molecule has 0 spiro atoms. The summed E-state index contributed by atoms with van der Waals surface area (Å²) in [5.41, 5.74) is 1.22.